The fraction of sp³-hybridized carbons (Fsp3) is 0.385. The Morgan fingerprint density at radius 2 is 2.19 bits per heavy atom. The molecular formula is C13H16N2O. The van der Waals surface area contributed by atoms with Gasteiger partial charge in [-0.2, -0.15) is 0 Å². The first-order chi connectivity index (χ1) is 7.61. The Balaban J connectivity index is 2.60. The molecule has 0 amide bonds. The van der Waals surface area contributed by atoms with E-state index in [4.69, 9.17) is 0 Å². The van der Waals surface area contributed by atoms with Crippen molar-refractivity contribution < 1.29 is 4.79 Å². The van der Waals surface area contributed by atoms with E-state index in [0.717, 1.165) is 29.7 Å². The molecule has 0 unspecified atom stereocenters. The minimum atomic E-state index is 0.560. The molecule has 2 heterocycles. The average molecular weight is 216 g/mol. The molecule has 0 saturated carbocycles. The van der Waals surface area contributed by atoms with Crippen LogP contribution >= 0.6 is 0 Å². The van der Waals surface area contributed by atoms with Crippen LogP contribution in [0, 0.1) is 12.8 Å². The zero-order valence-corrected chi connectivity index (χ0v) is 9.90. The number of pyridine rings is 1. The lowest BCUT2D eigenvalue weighted by Crippen LogP contribution is -2.01. The van der Waals surface area contributed by atoms with E-state index in [1.807, 2.05) is 29.7 Å². The number of hydrogen-bond acceptors (Lipinski definition) is 2. The van der Waals surface area contributed by atoms with E-state index < -0.39 is 0 Å². The SMILES string of the molecule is Cc1nc(CC(C)C)n2cc(C=O)ccc12. The van der Waals surface area contributed by atoms with E-state index in [2.05, 4.69) is 18.8 Å². The molecule has 84 valence electrons. The maximum Gasteiger partial charge on any atom is 0.151 e. The highest BCUT2D eigenvalue weighted by Crippen LogP contribution is 2.16. The second-order valence-electron chi connectivity index (χ2n) is 4.55. The molecule has 2 rings (SSSR count). The summed E-state index contributed by atoms with van der Waals surface area (Å²) in [5, 5.41) is 0. The Labute approximate surface area is 95.1 Å². The van der Waals surface area contributed by atoms with Crippen LogP contribution < -0.4 is 0 Å². The van der Waals surface area contributed by atoms with Gasteiger partial charge in [-0.15, -0.1) is 0 Å². The molecule has 0 N–H and O–H groups in total. The van der Waals surface area contributed by atoms with E-state index in [-0.39, 0.29) is 0 Å². The number of aldehydes is 1. The summed E-state index contributed by atoms with van der Waals surface area (Å²) in [4.78, 5) is 15.3. The molecule has 16 heavy (non-hydrogen) atoms. The van der Waals surface area contributed by atoms with Gasteiger partial charge < -0.3 is 4.40 Å². The van der Waals surface area contributed by atoms with Gasteiger partial charge in [0.15, 0.2) is 6.29 Å². The smallest absolute Gasteiger partial charge is 0.151 e. The summed E-state index contributed by atoms with van der Waals surface area (Å²) < 4.78 is 2.03. The van der Waals surface area contributed by atoms with Crippen molar-refractivity contribution in [1.29, 1.82) is 0 Å². The van der Waals surface area contributed by atoms with Crippen molar-refractivity contribution in [2.24, 2.45) is 5.92 Å². The van der Waals surface area contributed by atoms with Gasteiger partial charge in [0, 0.05) is 18.2 Å². The molecule has 0 aliphatic rings. The first-order valence-corrected chi connectivity index (χ1v) is 5.54. The van der Waals surface area contributed by atoms with Gasteiger partial charge in [0.25, 0.3) is 0 Å². The van der Waals surface area contributed by atoms with Gasteiger partial charge in [0.05, 0.1) is 11.2 Å². The quantitative estimate of drug-likeness (QED) is 0.739. The molecule has 0 aliphatic heterocycles. The summed E-state index contributed by atoms with van der Waals surface area (Å²) in [6, 6.07) is 3.78. The zero-order valence-electron chi connectivity index (χ0n) is 9.90. The number of aryl methyl sites for hydroxylation is 1. The molecule has 2 aromatic heterocycles. The molecule has 0 aliphatic carbocycles. The number of aromatic nitrogens is 2. The number of carbonyl (C=O) groups excluding carboxylic acids is 1. The van der Waals surface area contributed by atoms with E-state index in [1.165, 1.54) is 0 Å². The van der Waals surface area contributed by atoms with Gasteiger partial charge in [-0.05, 0) is 25.0 Å². The highest BCUT2D eigenvalue weighted by Gasteiger charge is 2.09. The summed E-state index contributed by atoms with van der Waals surface area (Å²) in [6.07, 6.45) is 3.66. The fourth-order valence-corrected chi connectivity index (χ4v) is 1.91. The second-order valence-corrected chi connectivity index (χ2v) is 4.55. The Kier molecular flexibility index (Phi) is 2.77. The molecular weight excluding hydrogens is 200 g/mol. The van der Waals surface area contributed by atoms with Crippen LogP contribution in [0.3, 0.4) is 0 Å². The molecule has 0 bridgehead atoms. The zero-order chi connectivity index (χ0) is 11.7. The molecule has 0 radical (unpaired) electrons. The van der Waals surface area contributed by atoms with E-state index >= 15 is 0 Å². The summed E-state index contributed by atoms with van der Waals surface area (Å²) in [7, 11) is 0. The van der Waals surface area contributed by atoms with Crippen molar-refractivity contribution >= 4 is 11.8 Å². The van der Waals surface area contributed by atoms with Crippen LogP contribution in [0.1, 0.15) is 35.7 Å². The number of rotatable bonds is 3. The first kappa shape index (κ1) is 10.9. The lowest BCUT2D eigenvalue weighted by Gasteiger charge is -2.04. The van der Waals surface area contributed by atoms with Crippen LogP contribution in [0.4, 0.5) is 0 Å². The van der Waals surface area contributed by atoms with Crippen molar-refractivity contribution in [3.05, 3.63) is 35.4 Å². The third-order valence-electron chi connectivity index (χ3n) is 2.64. The molecule has 0 spiro atoms. The van der Waals surface area contributed by atoms with Gasteiger partial charge in [0.2, 0.25) is 0 Å². The Morgan fingerprint density at radius 1 is 1.44 bits per heavy atom. The van der Waals surface area contributed by atoms with Crippen LogP contribution in [0.25, 0.3) is 5.52 Å². The van der Waals surface area contributed by atoms with Gasteiger partial charge >= 0.3 is 0 Å². The molecule has 3 heteroatoms. The van der Waals surface area contributed by atoms with Gasteiger partial charge in [-0.3, -0.25) is 4.79 Å². The van der Waals surface area contributed by atoms with Crippen LogP contribution in [-0.2, 0) is 6.42 Å². The van der Waals surface area contributed by atoms with E-state index in [9.17, 15) is 4.79 Å². The van der Waals surface area contributed by atoms with E-state index in [0.29, 0.717) is 11.5 Å². The van der Waals surface area contributed by atoms with Gasteiger partial charge in [0.1, 0.15) is 5.82 Å². The molecule has 3 nitrogen and oxygen atoms in total. The summed E-state index contributed by atoms with van der Waals surface area (Å²) in [5.74, 6) is 1.59. The lowest BCUT2D eigenvalue weighted by molar-refractivity contribution is 0.112. The van der Waals surface area contributed by atoms with Crippen molar-refractivity contribution in [1.82, 2.24) is 9.38 Å². The third-order valence-corrected chi connectivity index (χ3v) is 2.64. The summed E-state index contributed by atoms with van der Waals surface area (Å²) in [5.41, 5.74) is 2.80. The van der Waals surface area contributed by atoms with Gasteiger partial charge in [-0.1, -0.05) is 13.8 Å². The highest BCUT2D eigenvalue weighted by atomic mass is 16.1. The Hall–Kier alpha value is -1.64. The minimum Gasteiger partial charge on any atom is -0.303 e. The maximum atomic E-state index is 10.8. The maximum absolute atomic E-state index is 10.8. The fourth-order valence-electron chi connectivity index (χ4n) is 1.91. The minimum absolute atomic E-state index is 0.560. The topological polar surface area (TPSA) is 34.4 Å². The third kappa shape index (κ3) is 1.85. The predicted octanol–water partition coefficient (Wildman–Crippen LogP) is 2.65. The second kappa shape index (κ2) is 4.08. The Morgan fingerprint density at radius 3 is 2.81 bits per heavy atom. The molecule has 2 aromatic rings. The van der Waals surface area contributed by atoms with Crippen LogP contribution in [0.5, 0.6) is 0 Å². The number of carbonyl (C=O) groups is 1. The predicted molar refractivity (Wildman–Crippen MR) is 63.9 cm³/mol. The number of nitrogens with zero attached hydrogens (tertiary/aromatic N) is 2. The summed E-state index contributed by atoms with van der Waals surface area (Å²) >= 11 is 0. The first-order valence-electron chi connectivity index (χ1n) is 5.54. The van der Waals surface area contributed by atoms with Crippen molar-refractivity contribution in [3.8, 4) is 0 Å². The Bertz CT molecular complexity index is 526. The van der Waals surface area contributed by atoms with Crippen molar-refractivity contribution in [2.75, 3.05) is 0 Å². The monoisotopic (exact) mass is 216 g/mol. The van der Waals surface area contributed by atoms with E-state index in [1.54, 1.807) is 0 Å². The molecule has 0 fully saturated rings. The normalized spacial score (nSPS) is 11.2. The standard InChI is InChI=1S/C13H16N2O/c1-9(2)6-13-14-10(3)12-5-4-11(8-16)7-15(12)13/h4-5,7-9H,6H2,1-3H3. The van der Waals surface area contributed by atoms with Crippen LogP contribution in [0.2, 0.25) is 0 Å². The average Bonchev–Trinajstić information content (AvgIpc) is 2.54. The highest BCUT2D eigenvalue weighted by molar-refractivity contribution is 5.75. The number of hydrogen-bond donors (Lipinski definition) is 0. The van der Waals surface area contributed by atoms with Crippen molar-refractivity contribution in [3.63, 3.8) is 0 Å². The largest absolute Gasteiger partial charge is 0.303 e. The molecule has 0 aromatic carbocycles. The molecule has 0 saturated heterocycles. The van der Waals surface area contributed by atoms with Crippen LogP contribution in [-0.4, -0.2) is 15.7 Å². The number of fused-ring (bicyclic) bond motifs is 1. The van der Waals surface area contributed by atoms with Gasteiger partial charge in [-0.25, -0.2) is 4.98 Å². The molecule has 0 atom stereocenters. The summed E-state index contributed by atoms with van der Waals surface area (Å²) in [6.45, 7) is 6.33. The van der Waals surface area contributed by atoms with Crippen molar-refractivity contribution in [2.45, 2.75) is 27.2 Å². The number of imidazole rings is 1. The lowest BCUT2D eigenvalue weighted by atomic mass is 10.1. The van der Waals surface area contributed by atoms with Crippen LogP contribution in [0.15, 0.2) is 18.3 Å².